The van der Waals surface area contributed by atoms with E-state index in [1.54, 1.807) is 18.3 Å². The standard InChI is InChI=1S/C23H24BrN7O3/c1-14-7-16(34-13-32)9-20(27-14)18-10-26-29(2)22(18)30-11-17(12-30)33-6-5-31-21-8-15(24)3-4-19(21)28-23(31)25/h3-4,7-10,13,17H,5-6,11-12H2,1-2H3,(H2,25,28). The quantitative estimate of drug-likeness (QED) is 0.349. The van der Waals surface area contributed by atoms with Crippen molar-refractivity contribution in [3.8, 4) is 17.0 Å². The van der Waals surface area contributed by atoms with Gasteiger partial charge in [-0.1, -0.05) is 15.9 Å². The molecule has 0 atom stereocenters. The summed E-state index contributed by atoms with van der Waals surface area (Å²) in [5.41, 5.74) is 10.3. The third-order valence-electron chi connectivity index (χ3n) is 5.85. The molecule has 0 bridgehead atoms. The van der Waals surface area contributed by atoms with Crippen molar-refractivity contribution in [2.75, 3.05) is 30.3 Å². The van der Waals surface area contributed by atoms with Gasteiger partial charge in [0.15, 0.2) is 0 Å². The van der Waals surface area contributed by atoms with Gasteiger partial charge >= 0.3 is 0 Å². The second kappa shape index (κ2) is 9.07. The molecule has 10 nitrogen and oxygen atoms in total. The predicted octanol–water partition coefficient (Wildman–Crippen LogP) is 2.93. The minimum absolute atomic E-state index is 0.102. The fraction of sp³-hybridized carbons (Fsp3) is 0.304. The number of hydrogen-bond acceptors (Lipinski definition) is 8. The van der Waals surface area contributed by atoms with E-state index in [1.807, 2.05) is 41.4 Å². The van der Waals surface area contributed by atoms with Crippen molar-refractivity contribution in [3.63, 3.8) is 0 Å². The lowest BCUT2D eigenvalue weighted by molar-refractivity contribution is -0.120. The number of benzene rings is 1. The maximum Gasteiger partial charge on any atom is 0.298 e. The number of halogens is 1. The number of rotatable bonds is 8. The predicted molar refractivity (Wildman–Crippen MR) is 132 cm³/mol. The molecule has 1 aliphatic rings. The van der Waals surface area contributed by atoms with Gasteiger partial charge in [-0.2, -0.15) is 5.10 Å². The number of carbonyl (C=O) groups excluding carboxylic acids is 1. The molecular formula is C23H24BrN7O3. The molecule has 34 heavy (non-hydrogen) atoms. The Labute approximate surface area is 204 Å². The molecule has 0 radical (unpaired) electrons. The van der Waals surface area contributed by atoms with Crippen LogP contribution in [0.3, 0.4) is 0 Å². The van der Waals surface area contributed by atoms with E-state index in [2.05, 4.69) is 35.9 Å². The zero-order valence-corrected chi connectivity index (χ0v) is 20.4. The Morgan fingerprint density at radius 3 is 2.85 bits per heavy atom. The summed E-state index contributed by atoms with van der Waals surface area (Å²) >= 11 is 3.50. The van der Waals surface area contributed by atoms with Gasteiger partial charge in [-0.25, -0.2) is 4.98 Å². The first kappa shape index (κ1) is 22.4. The average Bonchev–Trinajstić information content (AvgIpc) is 3.29. The number of nitrogens with zero attached hydrogens (tertiary/aromatic N) is 6. The SMILES string of the molecule is Cc1cc(OC=O)cc(-c2cnn(C)c2N2CC(OCCn3c(N)nc4ccc(Br)cc43)C2)n1. The number of pyridine rings is 1. The van der Waals surface area contributed by atoms with E-state index in [1.165, 1.54) is 0 Å². The molecule has 5 rings (SSSR count). The van der Waals surface area contributed by atoms with Crippen molar-refractivity contribution >= 4 is 45.2 Å². The van der Waals surface area contributed by atoms with Crippen molar-refractivity contribution in [3.05, 3.63) is 46.7 Å². The van der Waals surface area contributed by atoms with E-state index in [4.69, 9.17) is 15.2 Å². The number of nitrogens with two attached hydrogens (primary N) is 1. The van der Waals surface area contributed by atoms with Gasteiger partial charge in [-0.05, 0) is 25.1 Å². The summed E-state index contributed by atoms with van der Waals surface area (Å²) in [4.78, 5) is 22.0. The number of ether oxygens (including phenoxy) is 2. The summed E-state index contributed by atoms with van der Waals surface area (Å²) in [6.07, 6.45) is 1.88. The molecule has 11 heteroatoms. The Morgan fingerprint density at radius 2 is 2.06 bits per heavy atom. The Balaban J connectivity index is 1.24. The van der Waals surface area contributed by atoms with Gasteiger partial charge in [0.1, 0.15) is 11.6 Å². The largest absolute Gasteiger partial charge is 0.429 e. The summed E-state index contributed by atoms with van der Waals surface area (Å²) in [6, 6.07) is 9.37. The molecule has 1 aliphatic heterocycles. The van der Waals surface area contributed by atoms with Crippen LogP contribution < -0.4 is 15.4 Å². The van der Waals surface area contributed by atoms with Crippen molar-refractivity contribution in [1.82, 2.24) is 24.3 Å². The number of carbonyl (C=O) groups is 1. The lowest BCUT2D eigenvalue weighted by Crippen LogP contribution is -2.53. The highest BCUT2D eigenvalue weighted by Gasteiger charge is 2.32. The van der Waals surface area contributed by atoms with Crippen LogP contribution in [0.2, 0.25) is 0 Å². The van der Waals surface area contributed by atoms with Crippen LogP contribution in [0.1, 0.15) is 5.69 Å². The van der Waals surface area contributed by atoms with Crippen molar-refractivity contribution in [2.24, 2.45) is 7.05 Å². The minimum Gasteiger partial charge on any atom is -0.429 e. The summed E-state index contributed by atoms with van der Waals surface area (Å²) in [7, 11) is 1.90. The lowest BCUT2D eigenvalue weighted by atomic mass is 10.1. The maximum absolute atomic E-state index is 10.8. The Kier molecular flexibility index (Phi) is 5.96. The second-order valence-electron chi connectivity index (χ2n) is 8.20. The number of hydrogen-bond donors (Lipinski definition) is 1. The summed E-state index contributed by atoms with van der Waals surface area (Å²) in [6.45, 7) is 4.91. The highest BCUT2D eigenvalue weighted by molar-refractivity contribution is 9.10. The van der Waals surface area contributed by atoms with E-state index in [-0.39, 0.29) is 6.10 Å². The number of imidazole rings is 1. The number of fused-ring (bicyclic) bond motifs is 1. The van der Waals surface area contributed by atoms with Crippen LogP contribution in [-0.4, -0.2) is 56.6 Å². The third kappa shape index (κ3) is 4.24. The van der Waals surface area contributed by atoms with Crippen LogP contribution >= 0.6 is 15.9 Å². The zero-order chi connectivity index (χ0) is 23.8. The normalized spacial score (nSPS) is 13.9. The van der Waals surface area contributed by atoms with Crippen LogP contribution in [0.15, 0.2) is 41.0 Å². The molecule has 0 amide bonds. The molecule has 176 valence electrons. The number of aromatic nitrogens is 5. The fourth-order valence-corrected chi connectivity index (χ4v) is 4.61. The van der Waals surface area contributed by atoms with E-state index in [0.717, 1.165) is 45.7 Å². The van der Waals surface area contributed by atoms with E-state index < -0.39 is 0 Å². The van der Waals surface area contributed by atoms with Crippen LogP contribution in [0.5, 0.6) is 5.75 Å². The highest BCUT2D eigenvalue weighted by Crippen LogP contribution is 2.34. The monoisotopic (exact) mass is 525 g/mol. The molecule has 0 saturated carbocycles. The summed E-state index contributed by atoms with van der Waals surface area (Å²) in [5.74, 6) is 1.88. The molecule has 1 fully saturated rings. The molecular weight excluding hydrogens is 502 g/mol. The van der Waals surface area contributed by atoms with Gasteiger partial charge in [-0.15, -0.1) is 0 Å². The van der Waals surface area contributed by atoms with Crippen LogP contribution in [-0.2, 0) is 23.1 Å². The Hall–Kier alpha value is -3.44. The minimum atomic E-state index is 0.102. The van der Waals surface area contributed by atoms with Gasteiger partial charge in [0.05, 0.1) is 41.2 Å². The number of nitrogen functional groups attached to an aromatic ring is 1. The third-order valence-corrected chi connectivity index (χ3v) is 6.34. The second-order valence-corrected chi connectivity index (χ2v) is 9.12. The Morgan fingerprint density at radius 1 is 1.24 bits per heavy atom. The van der Waals surface area contributed by atoms with E-state index >= 15 is 0 Å². The van der Waals surface area contributed by atoms with Crippen LogP contribution in [0, 0.1) is 6.92 Å². The summed E-state index contributed by atoms with van der Waals surface area (Å²) in [5, 5.41) is 4.42. The summed E-state index contributed by atoms with van der Waals surface area (Å²) < 4.78 is 15.9. The molecule has 0 spiro atoms. The average molecular weight is 526 g/mol. The van der Waals surface area contributed by atoms with Gasteiger partial charge < -0.3 is 24.7 Å². The lowest BCUT2D eigenvalue weighted by Gasteiger charge is -2.40. The molecule has 1 aromatic carbocycles. The topological polar surface area (TPSA) is 113 Å². The molecule has 3 aromatic heterocycles. The van der Waals surface area contributed by atoms with Crippen LogP contribution in [0.4, 0.5) is 11.8 Å². The first-order chi connectivity index (χ1) is 16.4. The molecule has 0 aliphatic carbocycles. The van der Waals surface area contributed by atoms with E-state index in [0.29, 0.717) is 37.0 Å². The number of anilines is 2. The van der Waals surface area contributed by atoms with Crippen molar-refractivity contribution in [1.29, 1.82) is 0 Å². The molecule has 4 heterocycles. The van der Waals surface area contributed by atoms with Gasteiger partial charge in [0.2, 0.25) is 5.95 Å². The van der Waals surface area contributed by atoms with Crippen LogP contribution in [0.25, 0.3) is 22.3 Å². The molecule has 2 N–H and O–H groups in total. The zero-order valence-electron chi connectivity index (χ0n) is 18.8. The van der Waals surface area contributed by atoms with Crippen molar-refractivity contribution in [2.45, 2.75) is 19.6 Å². The van der Waals surface area contributed by atoms with E-state index in [9.17, 15) is 4.79 Å². The van der Waals surface area contributed by atoms with Gasteiger partial charge in [0.25, 0.3) is 6.47 Å². The smallest absolute Gasteiger partial charge is 0.298 e. The van der Waals surface area contributed by atoms with Gasteiger partial charge in [0, 0.05) is 49.0 Å². The van der Waals surface area contributed by atoms with Crippen molar-refractivity contribution < 1.29 is 14.3 Å². The maximum atomic E-state index is 10.8. The fourth-order valence-electron chi connectivity index (χ4n) is 4.26. The first-order valence-electron chi connectivity index (χ1n) is 10.8. The number of aryl methyl sites for hydroxylation is 2. The molecule has 4 aromatic rings. The Bertz CT molecular complexity index is 1360. The molecule has 1 saturated heterocycles. The van der Waals surface area contributed by atoms with Gasteiger partial charge in [-0.3, -0.25) is 14.5 Å². The highest BCUT2D eigenvalue weighted by atomic mass is 79.9. The molecule has 0 unspecified atom stereocenters. The first-order valence-corrected chi connectivity index (χ1v) is 11.6.